The Labute approximate surface area is 141 Å². The van der Waals surface area contributed by atoms with E-state index in [1.54, 1.807) is 6.20 Å². The van der Waals surface area contributed by atoms with Gasteiger partial charge in [0, 0.05) is 30.0 Å². The molecule has 122 valence electrons. The van der Waals surface area contributed by atoms with Crippen LogP contribution in [-0.2, 0) is 6.54 Å². The first-order valence-electron chi connectivity index (χ1n) is 7.96. The van der Waals surface area contributed by atoms with Gasteiger partial charge < -0.3 is 10.2 Å². The van der Waals surface area contributed by atoms with Crippen molar-refractivity contribution in [2.45, 2.75) is 39.3 Å². The lowest BCUT2D eigenvalue weighted by molar-refractivity contribution is 0.204. The molecule has 1 aliphatic heterocycles. The number of carbonyl (C=O) groups is 1. The van der Waals surface area contributed by atoms with E-state index in [0.29, 0.717) is 5.02 Å². The Kier molecular flexibility index (Phi) is 4.57. The first-order valence-corrected chi connectivity index (χ1v) is 8.34. The number of halogens is 1. The maximum absolute atomic E-state index is 12.7. The molecule has 2 heterocycles. The Morgan fingerprint density at radius 2 is 2.26 bits per heavy atom. The van der Waals surface area contributed by atoms with E-state index in [0.717, 1.165) is 42.9 Å². The number of benzene rings is 1. The molecule has 0 saturated carbocycles. The molecule has 0 aliphatic carbocycles. The normalized spacial score (nSPS) is 17.5. The molecule has 6 heteroatoms. The maximum atomic E-state index is 12.7. The van der Waals surface area contributed by atoms with Crippen LogP contribution in [0.1, 0.15) is 37.1 Å². The van der Waals surface area contributed by atoms with Gasteiger partial charge in [-0.25, -0.2) is 4.79 Å². The van der Waals surface area contributed by atoms with Crippen LogP contribution in [0.3, 0.4) is 0 Å². The number of aromatic nitrogens is 2. The maximum Gasteiger partial charge on any atom is 0.322 e. The lowest BCUT2D eigenvalue weighted by Gasteiger charge is -2.26. The van der Waals surface area contributed by atoms with Crippen molar-refractivity contribution in [1.82, 2.24) is 14.7 Å². The Morgan fingerprint density at radius 1 is 1.43 bits per heavy atom. The summed E-state index contributed by atoms with van der Waals surface area (Å²) in [6.45, 7) is 5.53. The van der Waals surface area contributed by atoms with Gasteiger partial charge in [-0.3, -0.25) is 4.68 Å². The molecule has 1 aromatic heterocycles. The van der Waals surface area contributed by atoms with Crippen molar-refractivity contribution in [2.75, 3.05) is 11.9 Å². The highest BCUT2D eigenvalue weighted by molar-refractivity contribution is 6.31. The first kappa shape index (κ1) is 15.9. The van der Waals surface area contributed by atoms with Gasteiger partial charge >= 0.3 is 6.03 Å². The highest BCUT2D eigenvalue weighted by Gasteiger charge is 2.32. The summed E-state index contributed by atoms with van der Waals surface area (Å²) in [5.41, 5.74) is 2.75. The summed E-state index contributed by atoms with van der Waals surface area (Å²) in [5.74, 6) is 0. The number of anilines is 1. The van der Waals surface area contributed by atoms with Crippen LogP contribution in [0.4, 0.5) is 10.5 Å². The average molecular weight is 333 g/mol. The summed E-state index contributed by atoms with van der Waals surface area (Å²) in [6, 6.07) is 7.55. The minimum Gasteiger partial charge on any atom is -0.316 e. The van der Waals surface area contributed by atoms with Crippen molar-refractivity contribution in [3.63, 3.8) is 0 Å². The number of likely N-dealkylation sites (tertiary alicyclic amines) is 1. The van der Waals surface area contributed by atoms with Gasteiger partial charge in [-0.1, -0.05) is 17.7 Å². The minimum absolute atomic E-state index is 0.0805. The predicted molar refractivity (Wildman–Crippen MR) is 91.8 cm³/mol. The molecule has 1 atom stereocenters. The number of hydrogen-bond donors (Lipinski definition) is 1. The third kappa shape index (κ3) is 3.06. The smallest absolute Gasteiger partial charge is 0.316 e. The van der Waals surface area contributed by atoms with Crippen LogP contribution in [0.25, 0.3) is 0 Å². The second kappa shape index (κ2) is 6.62. The van der Waals surface area contributed by atoms with Crippen molar-refractivity contribution in [3.8, 4) is 0 Å². The molecule has 23 heavy (non-hydrogen) atoms. The van der Waals surface area contributed by atoms with Crippen LogP contribution in [-0.4, -0.2) is 27.3 Å². The number of rotatable bonds is 3. The van der Waals surface area contributed by atoms with Crippen LogP contribution in [0.2, 0.25) is 5.02 Å². The second-order valence-electron chi connectivity index (χ2n) is 5.77. The molecule has 0 radical (unpaired) electrons. The van der Waals surface area contributed by atoms with E-state index in [2.05, 4.69) is 17.3 Å². The third-order valence-corrected chi connectivity index (χ3v) is 4.82. The van der Waals surface area contributed by atoms with Gasteiger partial charge in [0.1, 0.15) is 0 Å². The van der Waals surface area contributed by atoms with Gasteiger partial charge in [-0.15, -0.1) is 0 Å². The number of nitrogens with one attached hydrogen (secondary N) is 1. The van der Waals surface area contributed by atoms with E-state index in [-0.39, 0.29) is 12.1 Å². The fraction of sp³-hybridized carbons (Fsp3) is 0.412. The Morgan fingerprint density at radius 3 is 3.04 bits per heavy atom. The SMILES string of the molecule is CCn1nccc1[C@H]1CCCN1C(=O)Nc1cccc(Cl)c1C. The van der Waals surface area contributed by atoms with Gasteiger partial charge in [-0.2, -0.15) is 5.10 Å². The van der Waals surface area contributed by atoms with Crippen LogP contribution >= 0.6 is 11.6 Å². The van der Waals surface area contributed by atoms with Crippen LogP contribution in [0.15, 0.2) is 30.5 Å². The number of hydrogen-bond acceptors (Lipinski definition) is 2. The van der Waals surface area contributed by atoms with E-state index in [9.17, 15) is 4.79 Å². The Bertz CT molecular complexity index is 712. The van der Waals surface area contributed by atoms with E-state index in [1.807, 2.05) is 40.8 Å². The van der Waals surface area contributed by atoms with E-state index in [1.165, 1.54) is 0 Å². The quantitative estimate of drug-likeness (QED) is 0.914. The zero-order valence-electron chi connectivity index (χ0n) is 13.4. The highest BCUT2D eigenvalue weighted by Crippen LogP contribution is 2.33. The molecule has 1 saturated heterocycles. The summed E-state index contributed by atoms with van der Waals surface area (Å²) in [4.78, 5) is 14.6. The molecular weight excluding hydrogens is 312 g/mol. The van der Waals surface area contributed by atoms with Crippen molar-refractivity contribution < 1.29 is 4.79 Å². The monoisotopic (exact) mass is 332 g/mol. The average Bonchev–Trinajstić information content (AvgIpc) is 3.19. The largest absolute Gasteiger partial charge is 0.322 e. The number of aryl methyl sites for hydroxylation is 1. The number of carbonyl (C=O) groups excluding carboxylic acids is 1. The van der Waals surface area contributed by atoms with Crippen molar-refractivity contribution >= 4 is 23.3 Å². The topological polar surface area (TPSA) is 50.2 Å². The molecule has 1 fully saturated rings. The first-order chi connectivity index (χ1) is 11.1. The molecule has 1 aliphatic rings. The highest BCUT2D eigenvalue weighted by atomic mass is 35.5. The zero-order valence-corrected chi connectivity index (χ0v) is 14.2. The standard InChI is InChI=1S/C17H21ClN4O/c1-3-22-16(9-10-19-22)15-8-5-11-21(15)17(23)20-14-7-4-6-13(18)12(14)2/h4,6-7,9-10,15H,3,5,8,11H2,1-2H3,(H,20,23)/t15-/m1/s1. The summed E-state index contributed by atoms with van der Waals surface area (Å²) >= 11 is 6.13. The van der Waals surface area contributed by atoms with Crippen LogP contribution in [0, 0.1) is 6.92 Å². The summed E-state index contributed by atoms with van der Waals surface area (Å²) in [7, 11) is 0. The van der Waals surface area contributed by atoms with Gasteiger partial charge in [0.05, 0.1) is 11.7 Å². The third-order valence-electron chi connectivity index (χ3n) is 4.41. The van der Waals surface area contributed by atoms with Crippen LogP contribution < -0.4 is 5.32 Å². The van der Waals surface area contributed by atoms with Gasteiger partial charge in [0.15, 0.2) is 0 Å². The molecular formula is C17H21ClN4O. The Balaban J connectivity index is 1.80. The van der Waals surface area contributed by atoms with Gasteiger partial charge in [0.25, 0.3) is 0 Å². The Hall–Kier alpha value is -2.01. The number of urea groups is 1. The summed E-state index contributed by atoms with van der Waals surface area (Å²) in [5, 5.41) is 7.98. The molecule has 2 aromatic rings. The van der Waals surface area contributed by atoms with Crippen LogP contribution in [0.5, 0.6) is 0 Å². The van der Waals surface area contributed by atoms with E-state index < -0.39 is 0 Å². The molecule has 2 amide bonds. The van der Waals surface area contributed by atoms with Gasteiger partial charge in [-0.05, 0) is 50.5 Å². The minimum atomic E-state index is -0.0817. The summed E-state index contributed by atoms with van der Waals surface area (Å²) < 4.78 is 1.96. The lowest BCUT2D eigenvalue weighted by atomic mass is 10.1. The second-order valence-corrected chi connectivity index (χ2v) is 6.17. The molecule has 5 nitrogen and oxygen atoms in total. The molecule has 0 bridgehead atoms. The van der Waals surface area contributed by atoms with Gasteiger partial charge in [0.2, 0.25) is 0 Å². The van der Waals surface area contributed by atoms with Crippen molar-refractivity contribution in [1.29, 1.82) is 0 Å². The number of amides is 2. The molecule has 1 N–H and O–H groups in total. The number of nitrogens with zero attached hydrogens (tertiary/aromatic N) is 3. The van der Waals surface area contributed by atoms with E-state index >= 15 is 0 Å². The van der Waals surface area contributed by atoms with Crippen molar-refractivity contribution in [2.24, 2.45) is 0 Å². The zero-order chi connectivity index (χ0) is 16.4. The fourth-order valence-electron chi connectivity index (χ4n) is 3.14. The fourth-order valence-corrected chi connectivity index (χ4v) is 3.31. The van der Waals surface area contributed by atoms with E-state index in [4.69, 9.17) is 11.6 Å². The molecule has 3 rings (SSSR count). The predicted octanol–water partition coefficient (Wildman–Crippen LogP) is 4.23. The molecule has 0 unspecified atom stereocenters. The lowest BCUT2D eigenvalue weighted by Crippen LogP contribution is -2.35. The van der Waals surface area contributed by atoms with Crippen molar-refractivity contribution in [3.05, 3.63) is 46.7 Å². The molecule has 0 spiro atoms. The molecule has 1 aromatic carbocycles. The summed E-state index contributed by atoms with van der Waals surface area (Å²) in [6.07, 6.45) is 3.77.